The molecule has 4 rings (SSSR count). The number of primary amides is 1. The van der Waals surface area contributed by atoms with Gasteiger partial charge < -0.3 is 10.7 Å². The van der Waals surface area contributed by atoms with Gasteiger partial charge in [0.15, 0.2) is 0 Å². The molecule has 0 spiro atoms. The van der Waals surface area contributed by atoms with Gasteiger partial charge in [0.05, 0.1) is 0 Å². The number of fused-ring (bicyclic) bond motifs is 1. The molecule has 0 aliphatic carbocycles. The van der Waals surface area contributed by atoms with Gasteiger partial charge in [-0.2, -0.15) is 0 Å². The summed E-state index contributed by atoms with van der Waals surface area (Å²) in [5.41, 5.74) is 12.9. The van der Waals surface area contributed by atoms with Crippen LogP contribution in [0.1, 0.15) is 21.5 Å². The molecule has 5 heteroatoms. The predicted octanol–water partition coefficient (Wildman–Crippen LogP) is 4.01. The van der Waals surface area contributed by atoms with Crippen molar-refractivity contribution in [2.75, 3.05) is 0 Å². The number of carbonyl (C=O) groups excluding carboxylic acids is 1. The molecular weight excluding hydrogens is 324 g/mol. The molecule has 0 aliphatic heterocycles. The number of nitrogens with one attached hydrogen (secondary N) is 1. The van der Waals surface area contributed by atoms with Crippen LogP contribution in [0, 0.1) is 13.8 Å². The Morgan fingerprint density at radius 3 is 2.54 bits per heavy atom. The number of pyridine rings is 2. The van der Waals surface area contributed by atoms with Crippen LogP contribution in [0.3, 0.4) is 0 Å². The number of amides is 1. The largest absolute Gasteiger partial charge is 0.366 e. The zero-order valence-corrected chi connectivity index (χ0v) is 14.6. The number of benzene rings is 1. The van der Waals surface area contributed by atoms with Crippen LogP contribution < -0.4 is 5.73 Å². The molecule has 3 heterocycles. The van der Waals surface area contributed by atoms with E-state index < -0.39 is 5.91 Å². The summed E-state index contributed by atoms with van der Waals surface area (Å²) < 4.78 is 0. The summed E-state index contributed by atoms with van der Waals surface area (Å²) >= 11 is 0. The lowest BCUT2D eigenvalue weighted by Gasteiger charge is -2.13. The van der Waals surface area contributed by atoms with Crippen molar-refractivity contribution in [3.8, 4) is 22.3 Å². The van der Waals surface area contributed by atoms with E-state index in [9.17, 15) is 4.79 Å². The molecule has 3 N–H and O–H groups in total. The Hall–Kier alpha value is -3.47. The molecule has 1 amide bonds. The summed E-state index contributed by atoms with van der Waals surface area (Å²) in [4.78, 5) is 23.5. The third kappa shape index (κ3) is 2.54. The minimum absolute atomic E-state index is 0.407. The van der Waals surface area contributed by atoms with Crippen LogP contribution in [0.4, 0.5) is 0 Å². The molecule has 3 aromatic heterocycles. The molecule has 5 nitrogen and oxygen atoms in total. The molecule has 0 aliphatic rings. The molecule has 0 saturated carbocycles. The Balaban J connectivity index is 1.86. The molecule has 0 atom stereocenters. The molecular formula is C21H18N4O. The van der Waals surface area contributed by atoms with Crippen LogP contribution in [0.2, 0.25) is 0 Å². The number of nitrogens with two attached hydrogens (primary N) is 1. The number of hydrogen-bond donors (Lipinski definition) is 2. The van der Waals surface area contributed by atoms with Crippen LogP contribution >= 0.6 is 0 Å². The van der Waals surface area contributed by atoms with Crippen molar-refractivity contribution < 1.29 is 4.79 Å². The van der Waals surface area contributed by atoms with Crippen LogP contribution in [0.15, 0.2) is 55.1 Å². The molecule has 1 aromatic carbocycles. The topological polar surface area (TPSA) is 84.7 Å². The number of carbonyl (C=O) groups is 1. The zero-order chi connectivity index (χ0) is 18.3. The van der Waals surface area contributed by atoms with Crippen LogP contribution in [-0.4, -0.2) is 20.9 Å². The fourth-order valence-electron chi connectivity index (χ4n) is 3.35. The van der Waals surface area contributed by atoms with E-state index in [1.54, 1.807) is 12.3 Å². The summed E-state index contributed by atoms with van der Waals surface area (Å²) in [5.74, 6) is -0.407. The van der Waals surface area contributed by atoms with Gasteiger partial charge >= 0.3 is 0 Å². The van der Waals surface area contributed by atoms with Crippen molar-refractivity contribution >= 4 is 16.9 Å². The Morgan fingerprint density at radius 1 is 1.00 bits per heavy atom. The number of rotatable bonds is 3. The average molecular weight is 342 g/mol. The average Bonchev–Trinajstić information content (AvgIpc) is 3.12. The quantitative estimate of drug-likeness (QED) is 0.590. The van der Waals surface area contributed by atoms with Gasteiger partial charge in [-0.25, -0.2) is 4.98 Å². The van der Waals surface area contributed by atoms with E-state index >= 15 is 0 Å². The maximum atomic E-state index is 11.6. The van der Waals surface area contributed by atoms with Gasteiger partial charge in [0.1, 0.15) is 5.65 Å². The maximum Gasteiger partial charge on any atom is 0.248 e. The first-order valence-corrected chi connectivity index (χ1v) is 8.34. The van der Waals surface area contributed by atoms with E-state index in [1.165, 1.54) is 0 Å². The third-order valence-electron chi connectivity index (χ3n) is 4.87. The zero-order valence-electron chi connectivity index (χ0n) is 14.6. The normalized spacial score (nSPS) is 11.0. The van der Waals surface area contributed by atoms with E-state index in [0.717, 1.165) is 44.4 Å². The summed E-state index contributed by atoms with van der Waals surface area (Å²) in [7, 11) is 0. The van der Waals surface area contributed by atoms with Gasteiger partial charge in [-0.15, -0.1) is 0 Å². The SMILES string of the molecule is Cc1c(C(N)=O)ccc(-c2cncc(-c3ccnc4[nH]ccc34)c2)c1C. The molecule has 0 radical (unpaired) electrons. The highest BCUT2D eigenvalue weighted by atomic mass is 16.1. The van der Waals surface area contributed by atoms with Gasteiger partial charge in [-0.05, 0) is 60.4 Å². The van der Waals surface area contributed by atoms with Crippen molar-refractivity contribution in [1.29, 1.82) is 0 Å². The van der Waals surface area contributed by atoms with E-state index in [0.29, 0.717) is 5.56 Å². The van der Waals surface area contributed by atoms with Crippen molar-refractivity contribution in [3.63, 3.8) is 0 Å². The highest BCUT2D eigenvalue weighted by molar-refractivity contribution is 5.96. The minimum Gasteiger partial charge on any atom is -0.366 e. The lowest BCUT2D eigenvalue weighted by molar-refractivity contribution is 0.0999. The maximum absolute atomic E-state index is 11.6. The van der Waals surface area contributed by atoms with Crippen molar-refractivity contribution in [3.05, 3.63) is 71.8 Å². The van der Waals surface area contributed by atoms with Crippen molar-refractivity contribution in [2.45, 2.75) is 13.8 Å². The first-order valence-electron chi connectivity index (χ1n) is 8.34. The molecule has 0 unspecified atom stereocenters. The first kappa shape index (κ1) is 16.0. The standard InChI is InChI=1S/C21H18N4O/c1-12-13(2)17(20(22)26)4-3-16(12)14-9-15(11-23-10-14)18-5-7-24-21-19(18)6-8-25-21/h3-11H,1-2H3,(H2,22,26)(H,24,25). The second kappa shape index (κ2) is 6.11. The summed E-state index contributed by atoms with van der Waals surface area (Å²) in [6.45, 7) is 3.92. The molecule has 0 saturated heterocycles. The van der Waals surface area contributed by atoms with Gasteiger partial charge in [0.25, 0.3) is 0 Å². The Morgan fingerprint density at radius 2 is 1.77 bits per heavy atom. The number of aromatic amines is 1. The second-order valence-corrected chi connectivity index (χ2v) is 6.34. The van der Waals surface area contributed by atoms with Gasteiger partial charge in [-0.3, -0.25) is 9.78 Å². The van der Waals surface area contributed by atoms with Crippen LogP contribution in [-0.2, 0) is 0 Å². The third-order valence-corrected chi connectivity index (χ3v) is 4.87. The fourth-order valence-corrected chi connectivity index (χ4v) is 3.35. The van der Waals surface area contributed by atoms with E-state index in [-0.39, 0.29) is 0 Å². The number of H-pyrrole nitrogens is 1. The number of aromatic nitrogens is 3. The van der Waals surface area contributed by atoms with Gasteiger partial charge in [0.2, 0.25) is 5.91 Å². The van der Waals surface area contributed by atoms with Gasteiger partial charge in [-0.1, -0.05) is 6.07 Å². The van der Waals surface area contributed by atoms with E-state index in [1.807, 2.05) is 50.6 Å². The Labute approximate surface area is 150 Å². The Kier molecular flexibility index (Phi) is 3.77. The molecule has 0 fully saturated rings. The fraction of sp³-hybridized carbons (Fsp3) is 0.0952. The van der Waals surface area contributed by atoms with E-state index in [4.69, 9.17) is 5.73 Å². The monoisotopic (exact) mass is 342 g/mol. The molecule has 26 heavy (non-hydrogen) atoms. The number of hydrogen-bond acceptors (Lipinski definition) is 3. The van der Waals surface area contributed by atoms with Crippen LogP contribution in [0.5, 0.6) is 0 Å². The second-order valence-electron chi connectivity index (χ2n) is 6.34. The van der Waals surface area contributed by atoms with Crippen molar-refractivity contribution in [1.82, 2.24) is 15.0 Å². The first-order chi connectivity index (χ1) is 12.6. The summed E-state index contributed by atoms with van der Waals surface area (Å²) in [5, 5.41) is 1.06. The smallest absolute Gasteiger partial charge is 0.248 e. The predicted molar refractivity (Wildman–Crippen MR) is 103 cm³/mol. The van der Waals surface area contributed by atoms with Crippen LogP contribution in [0.25, 0.3) is 33.3 Å². The lowest BCUT2D eigenvalue weighted by atomic mass is 9.93. The highest BCUT2D eigenvalue weighted by Gasteiger charge is 2.13. The van der Waals surface area contributed by atoms with Gasteiger partial charge in [0, 0.05) is 46.9 Å². The summed E-state index contributed by atoms with van der Waals surface area (Å²) in [6.07, 6.45) is 7.36. The van der Waals surface area contributed by atoms with Crippen molar-refractivity contribution in [2.24, 2.45) is 5.73 Å². The Bertz CT molecular complexity index is 1140. The summed E-state index contributed by atoms with van der Waals surface area (Å²) in [6, 6.07) is 9.83. The minimum atomic E-state index is -0.407. The number of nitrogens with zero attached hydrogens (tertiary/aromatic N) is 2. The van der Waals surface area contributed by atoms with E-state index in [2.05, 4.69) is 21.0 Å². The highest BCUT2D eigenvalue weighted by Crippen LogP contribution is 2.32. The lowest BCUT2D eigenvalue weighted by Crippen LogP contribution is -2.13. The molecule has 128 valence electrons. The molecule has 0 bridgehead atoms. The molecule has 4 aromatic rings.